The molecule has 0 aliphatic carbocycles. The first-order valence-electron chi connectivity index (χ1n) is 5.79. The summed E-state index contributed by atoms with van der Waals surface area (Å²) in [7, 11) is 0. The van der Waals surface area contributed by atoms with Crippen molar-refractivity contribution in [1.82, 2.24) is 9.78 Å². The highest BCUT2D eigenvalue weighted by molar-refractivity contribution is 5.39. The van der Waals surface area contributed by atoms with Gasteiger partial charge in [-0.3, -0.25) is 4.79 Å². The van der Waals surface area contributed by atoms with E-state index in [4.69, 9.17) is 5.26 Å². The molecular formula is C14H13N3O2. The van der Waals surface area contributed by atoms with Gasteiger partial charge in [-0.2, -0.15) is 15.0 Å². The molecule has 5 heteroatoms. The summed E-state index contributed by atoms with van der Waals surface area (Å²) < 4.78 is 1.20. The Kier molecular flexibility index (Phi) is 3.34. The summed E-state index contributed by atoms with van der Waals surface area (Å²) in [6.45, 7) is 3.86. The maximum absolute atomic E-state index is 11.9. The van der Waals surface area contributed by atoms with Crippen LogP contribution in [0.3, 0.4) is 0 Å². The van der Waals surface area contributed by atoms with Gasteiger partial charge in [-0.05, 0) is 37.1 Å². The first-order chi connectivity index (χ1) is 9.01. The number of aromatic nitrogens is 2. The molecule has 1 aromatic heterocycles. The minimum absolute atomic E-state index is 0.0447. The predicted octanol–water partition coefficient (Wildman–Crippen LogP) is 1.62. The van der Waals surface area contributed by atoms with E-state index in [0.29, 0.717) is 5.69 Å². The molecule has 5 nitrogen and oxygen atoms in total. The van der Waals surface area contributed by atoms with Crippen molar-refractivity contribution in [3.63, 3.8) is 0 Å². The van der Waals surface area contributed by atoms with E-state index in [2.05, 4.69) is 5.10 Å². The summed E-state index contributed by atoms with van der Waals surface area (Å²) in [6.07, 6.45) is -0.0447. The van der Waals surface area contributed by atoms with Gasteiger partial charge in [-0.15, -0.1) is 0 Å². The second kappa shape index (κ2) is 4.94. The lowest BCUT2D eigenvalue weighted by Crippen LogP contribution is -2.21. The van der Waals surface area contributed by atoms with Gasteiger partial charge in [0.1, 0.15) is 11.4 Å². The average molecular weight is 255 g/mol. The van der Waals surface area contributed by atoms with Crippen LogP contribution in [0.2, 0.25) is 0 Å². The van der Waals surface area contributed by atoms with Gasteiger partial charge >= 0.3 is 0 Å². The lowest BCUT2D eigenvalue weighted by Gasteiger charge is -2.09. The number of hydrogen-bond donors (Lipinski definition) is 1. The third kappa shape index (κ3) is 2.63. The highest BCUT2D eigenvalue weighted by Crippen LogP contribution is 2.15. The Morgan fingerprint density at radius 3 is 2.47 bits per heavy atom. The number of aromatic hydroxyl groups is 1. The van der Waals surface area contributed by atoms with E-state index in [-0.39, 0.29) is 17.9 Å². The van der Waals surface area contributed by atoms with Crippen LogP contribution in [0.4, 0.5) is 0 Å². The van der Waals surface area contributed by atoms with E-state index in [1.807, 2.05) is 38.1 Å². The molecule has 0 spiro atoms. The minimum atomic E-state index is -0.427. The molecule has 96 valence electrons. The molecule has 0 radical (unpaired) electrons. The Morgan fingerprint density at radius 1 is 1.26 bits per heavy atom. The molecule has 0 bridgehead atoms. The zero-order valence-corrected chi connectivity index (χ0v) is 10.7. The Balaban J connectivity index is 2.65. The third-order valence-electron chi connectivity index (χ3n) is 2.68. The van der Waals surface area contributed by atoms with Gasteiger partial charge in [-0.25, -0.2) is 0 Å². The smallest absolute Gasteiger partial charge is 0.275 e. The Morgan fingerprint density at radius 2 is 1.89 bits per heavy atom. The lowest BCUT2D eigenvalue weighted by atomic mass is 10.1. The van der Waals surface area contributed by atoms with Crippen molar-refractivity contribution < 1.29 is 5.11 Å². The second-order valence-corrected chi connectivity index (χ2v) is 4.41. The highest BCUT2D eigenvalue weighted by Gasteiger charge is 2.09. The number of nitriles is 1. The van der Waals surface area contributed by atoms with Crippen molar-refractivity contribution in [1.29, 1.82) is 5.26 Å². The lowest BCUT2D eigenvalue weighted by molar-refractivity contribution is 0.459. The summed E-state index contributed by atoms with van der Waals surface area (Å²) in [5.74, 6) is -0.243. The van der Waals surface area contributed by atoms with Crippen LogP contribution in [0.5, 0.6) is 5.75 Å². The van der Waals surface area contributed by atoms with Gasteiger partial charge < -0.3 is 5.11 Å². The number of nitrogens with zero attached hydrogens (tertiary/aromatic N) is 3. The van der Waals surface area contributed by atoms with Crippen LogP contribution in [0, 0.1) is 25.2 Å². The summed E-state index contributed by atoms with van der Waals surface area (Å²) in [6, 6.07) is 8.64. The van der Waals surface area contributed by atoms with Gasteiger partial charge in [0.2, 0.25) is 0 Å². The molecule has 0 fully saturated rings. The summed E-state index contributed by atoms with van der Waals surface area (Å²) >= 11 is 0. The van der Waals surface area contributed by atoms with Crippen molar-refractivity contribution in [2.45, 2.75) is 20.3 Å². The summed E-state index contributed by atoms with van der Waals surface area (Å²) in [5.41, 5.74) is 2.42. The summed E-state index contributed by atoms with van der Waals surface area (Å²) in [4.78, 5) is 11.9. The Bertz CT molecular complexity index is 706. The van der Waals surface area contributed by atoms with Crippen molar-refractivity contribution in [3.05, 3.63) is 51.4 Å². The molecule has 0 amide bonds. The zero-order chi connectivity index (χ0) is 14.0. The molecule has 0 atom stereocenters. The van der Waals surface area contributed by atoms with Crippen LogP contribution in [-0.2, 0) is 6.42 Å². The maximum atomic E-state index is 11.9. The molecular weight excluding hydrogens is 242 g/mol. The molecule has 0 aliphatic heterocycles. The normalized spacial score (nSPS) is 10.2. The monoisotopic (exact) mass is 255 g/mol. The van der Waals surface area contributed by atoms with Crippen LogP contribution >= 0.6 is 0 Å². The van der Waals surface area contributed by atoms with Gasteiger partial charge in [0, 0.05) is 6.07 Å². The van der Waals surface area contributed by atoms with Gasteiger partial charge in [-0.1, -0.05) is 6.07 Å². The fraction of sp³-hybridized carbons (Fsp3) is 0.214. The van der Waals surface area contributed by atoms with Crippen molar-refractivity contribution in [2.75, 3.05) is 0 Å². The predicted molar refractivity (Wildman–Crippen MR) is 70.3 cm³/mol. The molecule has 19 heavy (non-hydrogen) atoms. The van der Waals surface area contributed by atoms with Gasteiger partial charge in [0.15, 0.2) is 0 Å². The fourth-order valence-electron chi connectivity index (χ4n) is 1.94. The molecule has 1 heterocycles. The van der Waals surface area contributed by atoms with E-state index in [0.717, 1.165) is 17.2 Å². The number of aryl methyl sites for hydroxylation is 2. The van der Waals surface area contributed by atoms with E-state index in [1.165, 1.54) is 4.68 Å². The number of benzene rings is 1. The standard InChI is InChI=1S/C14H13N3O2/c1-9-5-10(2)7-11(6-9)17-14(19)8-13(18)12(16-17)3-4-15/h5-8,18H,3H2,1-2H3. The van der Waals surface area contributed by atoms with Crippen molar-refractivity contribution in [2.24, 2.45) is 0 Å². The Labute approximate surface area is 110 Å². The SMILES string of the molecule is Cc1cc(C)cc(-n2nc(CC#N)c(O)cc2=O)c1. The first-order valence-corrected chi connectivity index (χ1v) is 5.79. The topological polar surface area (TPSA) is 78.9 Å². The maximum Gasteiger partial charge on any atom is 0.275 e. The van der Waals surface area contributed by atoms with Gasteiger partial charge in [0.05, 0.1) is 18.2 Å². The van der Waals surface area contributed by atoms with E-state index < -0.39 is 5.56 Å². The molecule has 2 aromatic rings. The first kappa shape index (κ1) is 12.8. The minimum Gasteiger partial charge on any atom is -0.506 e. The fourth-order valence-corrected chi connectivity index (χ4v) is 1.94. The quantitative estimate of drug-likeness (QED) is 0.884. The molecule has 1 aromatic carbocycles. The third-order valence-corrected chi connectivity index (χ3v) is 2.68. The van der Waals surface area contributed by atoms with Crippen LogP contribution in [0.1, 0.15) is 16.8 Å². The molecule has 1 N–H and O–H groups in total. The van der Waals surface area contributed by atoms with E-state index >= 15 is 0 Å². The molecule has 0 unspecified atom stereocenters. The largest absolute Gasteiger partial charge is 0.506 e. The van der Waals surface area contributed by atoms with Crippen molar-refractivity contribution >= 4 is 0 Å². The second-order valence-electron chi connectivity index (χ2n) is 4.41. The number of hydrogen-bond acceptors (Lipinski definition) is 4. The van der Waals surface area contributed by atoms with Crippen LogP contribution in [-0.4, -0.2) is 14.9 Å². The van der Waals surface area contributed by atoms with Crippen LogP contribution in [0.15, 0.2) is 29.1 Å². The zero-order valence-electron chi connectivity index (χ0n) is 10.7. The average Bonchev–Trinajstić information content (AvgIpc) is 2.31. The van der Waals surface area contributed by atoms with E-state index in [9.17, 15) is 9.90 Å². The molecule has 0 saturated heterocycles. The van der Waals surface area contributed by atoms with Crippen LogP contribution < -0.4 is 5.56 Å². The molecule has 2 rings (SSSR count). The Hall–Kier alpha value is -2.61. The van der Waals surface area contributed by atoms with Gasteiger partial charge in [0.25, 0.3) is 5.56 Å². The van der Waals surface area contributed by atoms with Crippen LogP contribution in [0.25, 0.3) is 5.69 Å². The molecule has 0 saturated carbocycles. The number of rotatable bonds is 2. The highest BCUT2D eigenvalue weighted by atomic mass is 16.3. The van der Waals surface area contributed by atoms with E-state index in [1.54, 1.807) is 0 Å². The van der Waals surface area contributed by atoms with Crippen molar-refractivity contribution in [3.8, 4) is 17.5 Å². The molecule has 0 aliphatic rings. The summed E-state index contributed by atoms with van der Waals surface area (Å²) in [5, 5.41) is 22.3.